The minimum atomic E-state index is -5.03. The molecule has 0 rings (SSSR count). The summed E-state index contributed by atoms with van der Waals surface area (Å²) in [5, 5.41) is -2.00. The Labute approximate surface area is 241 Å². The number of thiol groups is 3. The van der Waals surface area contributed by atoms with E-state index in [1.165, 1.54) is 0 Å². The van der Waals surface area contributed by atoms with E-state index in [-0.39, 0.29) is 4.44 Å². The van der Waals surface area contributed by atoms with Gasteiger partial charge in [-0.3, -0.25) is 0 Å². The fraction of sp³-hybridized carbons (Fsp3) is 0.885. The summed E-state index contributed by atoms with van der Waals surface area (Å²) in [6.07, 6.45) is 12.8. The van der Waals surface area contributed by atoms with Gasteiger partial charge in [0.15, 0.2) is 0 Å². The number of carbonyl (C=O) groups is 3. The summed E-state index contributed by atoms with van der Waals surface area (Å²) in [7, 11) is 0. The molecule has 0 saturated carbocycles. The van der Waals surface area contributed by atoms with E-state index in [1.807, 2.05) is 20.8 Å². The monoisotopic (exact) mass is 674 g/mol. The van der Waals surface area contributed by atoms with Gasteiger partial charge in [0.1, 0.15) is 0 Å². The molecule has 0 aliphatic heterocycles. The third-order valence-corrected chi connectivity index (χ3v) is 14.5. The van der Waals surface area contributed by atoms with Gasteiger partial charge in [-0.1, -0.05) is 0 Å². The van der Waals surface area contributed by atoms with Crippen LogP contribution < -0.4 is 0 Å². The second-order valence-corrected chi connectivity index (χ2v) is 18.4. The van der Waals surface area contributed by atoms with Gasteiger partial charge in [-0.05, 0) is 0 Å². The first-order valence-electron chi connectivity index (χ1n) is 13.9. The summed E-state index contributed by atoms with van der Waals surface area (Å²) in [6, 6.07) is 0. The first-order valence-corrected chi connectivity index (χ1v) is 20.9. The third kappa shape index (κ3) is 16.3. The minimum absolute atomic E-state index is 0.265. The number of carbonyl (C=O) groups excluding carboxylic acids is 3. The molecule has 0 fully saturated rings. The molecule has 36 heavy (non-hydrogen) atoms. The molecule has 0 saturated heterocycles. The topological polar surface area (TPSA) is 78.9 Å². The molecule has 0 aromatic heterocycles. The Morgan fingerprint density at radius 3 is 1.17 bits per heavy atom. The van der Waals surface area contributed by atoms with Gasteiger partial charge < -0.3 is 0 Å². The van der Waals surface area contributed by atoms with Crippen molar-refractivity contribution in [1.29, 1.82) is 0 Å². The number of hydrogen-bond acceptors (Lipinski definition) is 9. The fourth-order valence-corrected chi connectivity index (χ4v) is 12.1. The van der Waals surface area contributed by atoms with Gasteiger partial charge in [-0.15, -0.1) is 0 Å². The molecule has 0 aliphatic carbocycles. The average molecular weight is 674 g/mol. The van der Waals surface area contributed by atoms with Crippen LogP contribution in [-0.4, -0.2) is 53.3 Å². The Balaban J connectivity index is 5.85. The van der Waals surface area contributed by atoms with Crippen LogP contribution in [0.15, 0.2) is 0 Å². The Kier molecular flexibility index (Phi) is 22.3. The van der Waals surface area contributed by atoms with Crippen LogP contribution in [0, 0.1) is 0 Å². The zero-order chi connectivity index (χ0) is 27.4. The van der Waals surface area contributed by atoms with Crippen LogP contribution in [0.3, 0.4) is 0 Å². The molecule has 0 amide bonds. The van der Waals surface area contributed by atoms with Gasteiger partial charge in [0, 0.05) is 0 Å². The molecule has 0 aliphatic rings. The van der Waals surface area contributed by atoms with Gasteiger partial charge in [0.2, 0.25) is 0 Å². The molecule has 6 nitrogen and oxygen atoms in total. The van der Waals surface area contributed by atoms with Crippen molar-refractivity contribution in [1.82, 2.24) is 0 Å². The van der Waals surface area contributed by atoms with E-state index < -0.39 is 53.3 Å². The maximum atomic E-state index is 13.0. The van der Waals surface area contributed by atoms with Crippen molar-refractivity contribution in [3.05, 3.63) is 0 Å². The van der Waals surface area contributed by atoms with Crippen molar-refractivity contribution in [3.63, 3.8) is 0 Å². The summed E-state index contributed by atoms with van der Waals surface area (Å²) in [4.78, 5) is 39.1. The summed E-state index contributed by atoms with van der Waals surface area (Å²) in [6.45, 7) is 8.25. The van der Waals surface area contributed by atoms with E-state index in [1.54, 1.807) is 0 Å². The molecule has 0 N–H and O–H groups in total. The maximum absolute atomic E-state index is 13.0. The van der Waals surface area contributed by atoms with Gasteiger partial charge in [-0.25, -0.2) is 0 Å². The molecule has 0 spiro atoms. The molecule has 0 heterocycles. The average Bonchev–Trinajstić information content (AvgIpc) is 2.85. The number of rotatable bonds is 22. The normalized spacial score (nSPS) is 15.4. The van der Waals surface area contributed by atoms with Crippen LogP contribution >= 0.6 is 37.9 Å². The van der Waals surface area contributed by atoms with Crippen molar-refractivity contribution < 1.29 is 23.6 Å². The Morgan fingerprint density at radius 1 is 0.528 bits per heavy atom. The standard InChI is InChI=1S/C8H17.3C6H12O2S.Sn/c1-3-5-7-8-6-4-2;3*1-2-3-4-5(9)6(7)8;/h1,3-8H2,2H3;3*5,9H,2-4H2,1H3,(H,7,8);/q;;;;+3/p-3. The molecule has 3 unspecified atom stereocenters. The second-order valence-electron chi connectivity index (χ2n) is 9.44. The van der Waals surface area contributed by atoms with Crippen molar-refractivity contribution in [2.75, 3.05) is 0 Å². The fourth-order valence-electron chi connectivity index (χ4n) is 3.55. The van der Waals surface area contributed by atoms with E-state index in [0.717, 1.165) is 70.6 Å². The van der Waals surface area contributed by atoms with Crippen LogP contribution in [0.2, 0.25) is 4.44 Å². The van der Waals surface area contributed by atoms with Crippen molar-refractivity contribution in [2.24, 2.45) is 0 Å². The van der Waals surface area contributed by atoms with Crippen molar-refractivity contribution >= 4 is 75.4 Å². The van der Waals surface area contributed by atoms with Gasteiger partial charge in [-0.2, -0.15) is 0 Å². The van der Waals surface area contributed by atoms with Crippen molar-refractivity contribution in [3.8, 4) is 0 Å². The van der Waals surface area contributed by atoms with Crippen molar-refractivity contribution in [2.45, 2.75) is 144 Å². The van der Waals surface area contributed by atoms with Crippen LogP contribution in [-0.2, 0) is 23.6 Å². The van der Waals surface area contributed by atoms with E-state index >= 15 is 0 Å². The second kappa shape index (κ2) is 22.1. The predicted octanol–water partition coefficient (Wildman–Crippen LogP) is 7.38. The Morgan fingerprint density at radius 2 is 0.833 bits per heavy atom. The summed E-state index contributed by atoms with van der Waals surface area (Å²) >= 11 is 8.23. The van der Waals surface area contributed by atoms with Gasteiger partial charge in [0.25, 0.3) is 0 Å². The molecule has 0 aromatic rings. The number of unbranched alkanes of at least 4 members (excludes halogenated alkanes) is 8. The molecular formula is C26H50O6S3Sn. The van der Waals surface area contributed by atoms with Gasteiger partial charge in [0.05, 0.1) is 0 Å². The van der Waals surface area contributed by atoms with Crippen LogP contribution in [0.1, 0.15) is 124 Å². The molecule has 0 aromatic carbocycles. The van der Waals surface area contributed by atoms with E-state index in [0.29, 0.717) is 25.7 Å². The van der Waals surface area contributed by atoms with Crippen LogP contribution in [0.25, 0.3) is 0 Å². The molecule has 10 heteroatoms. The Hall–Kier alpha value is 0.259. The number of hydrogen-bond donors (Lipinski definition) is 3. The quantitative estimate of drug-likeness (QED) is 0.0633. The zero-order valence-electron chi connectivity index (χ0n) is 22.8. The third-order valence-electron chi connectivity index (χ3n) is 5.91. The summed E-state index contributed by atoms with van der Waals surface area (Å²) in [5.41, 5.74) is 0. The first-order chi connectivity index (χ1) is 17.2. The first kappa shape index (κ1) is 36.3. The predicted molar refractivity (Wildman–Crippen MR) is 159 cm³/mol. The SMILES string of the molecule is CCCCCCC[CH2][Sn]([O]C(=O)C(S)CCCC)([O]C(=O)C(S)CCCC)[O]C(=O)C(S)CCCC. The summed E-state index contributed by atoms with van der Waals surface area (Å²) in [5.74, 6) is -1.74. The summed E-state index contributed by atoms with van der Waals surface area (Å²) < 4.78 is 18.0. The van der Waals surface area contributed by atoms with Gasteiger partial charge >= 0.3 is 243 Å². The van der Waals surface area contributed by atoms with E-state index in [2.05, 4.69) is 44.8 Å². The Bertz CT molecular complexity index is 553. The molecule has 0 radical (unpaired) electrons. The van der Waals surface area contributed by atoms with E-state index in [4.69, 9.17) is 9.22 Å². The van der Waals surface area contributed by atoms with Crippen LogP contribution in [0.5, 0.6) is 0 Å². The molecule has 3 atom stereocenters. The van der Waals surface area contributed by atoms with E-state index in [9.17, 15) is 14.4 Å². The molecular weight excluding hydrogens is 623 g/mol. The van der Waals surface area contributed by atoms with Crippen LogP contribution in [0.4, 0.5) is 0 Å². The zero-order valence-corrected chi connectivity index (χ0v) is 28.4. The molecule has 0 bridgehead atoms. The molecule has 212 valence electrons.